The van der Waals surface area contributed by atoms with Gasteiger partial charge in [0.15, 0.2) is 0 Å². The van der Waals surface area contributed by atoms with Crippen LogP contribution in [0.5, 0.6) is 0 Å². The monoisotopic (exact) mass is 215 g/mol. The molecular formula is C11H21NO3. The number of carbonyl (C=O) groups is 2. The van der Waals surface area contributed by atoms with Crippen molar-refractivity contribution in [3.8, 4) is 0 Å². The van der Waals surface area contributed by atoms with E-state index in [0.717, 1.165) is 6.42 Å². The van der Waals surface area contributed by atoms with Gasteiger partial charge in [-0.2, -0.15) is 0 Å². The van der Waals surface area contributed by atoms with Crippen molar-refractivity contribution in [1.29, 1.82) is 0 Å². The van der Waals surface area contributed by atoms with Gasteiger partial charge in [0.25, 0.3) is 0 Å². The van der Waals surface area contributed by atoms with Gasteiger partial charge in [-0.25, -0.2) is 0 Å². The van der Waals surface area contributed by atoms with Crippen LogP contribution in [0.15, 0.2) is 0 Å². The zero-order valence-corrected chi connectivity index (χ0v) is 9.75. The molecule has 0 aliphatic carbocycles. The van der Waals surface area contributed by atoms with E-state index in [1.807, 2.05) is 20.8 Å². The summed E-state index contributed by atoms with van der Waals surface area (Å²) in [6.07, 6.45) is 2.09. The van der Waals surface area contributed by atoms with Crippen molar-refractivity contribution in [1.82, 2.24) is 5.32 Å². The first kappa shape index (κ1) is 13.9. The smallest absolute Gasteiger partial charge is 0.305 e. The number of rotatable bonds is 7. The van der Waals surface area contributed by atoms with Crippen LogP contribution in [0.25, 0.3) is 0 Å². The first-order valence-electron chi connectivity index (χ1n) is 5.50. The molecule has 0 bridgehead atoms. The highest BCUT2D eigenvalue weighted by atomic mass is 16.4. The molecule has 0 aromatic rings. The molecule has 2 atom stereocenters. The summed E-state index contributed by atoms with van der Waals surface area (Å²) in [6.45, 7) is 5.92. The van der Waals surface area contributed by atoms with Crippen LogP contribution in [0.3, 0.4) is 0 Å². The third kappa shape index (κ3) is 6.94. The van der Waals surface area contributed by atoms with Gasteiger partial charge in [-0.3, -0.25) is 9.59 Å². The van der Waals surface area contributed by atoms with Gasteiger partial charge in [-0.05, 0) is 12.3 Å². The Morgan fingerprint density at radius 1 is 1.20 bits per heavy atom. The number of aliphatic carboxylic acids is 1. The molecule has 0 fully saturated rings. The number of carboxylic acids is 1. The minimum Gasteiger partial charge on any atom is -0.481 e. The first-order valence-corrected chi connectivity index (χ1v) is 5.50. The van der Waals surface area contributed by atoms with Gasteiger partial charge in [-0.15, -0.1) is 0 Å². The number of nitrogens with one attached hydrogen (secondary N) is 1. The molecule has 0 aromatic carbocycles. The Labute approximate surface area is 91.1 Å². The van der Waals surface area contributed by atoms with Crippen molar-refractivity contribution in [2.45, 2.75) is 52.5 Å². The normalized spacial score (nSPS) is 14.3. The average Bonchev–Trinajstić information content (AvgIpc) is 2.15. The van der Waals surface area contributed by atoms with Crippen molar-refractivity contribution >= 4 is 11.9 Å². The molecule has 4 nitrogen and oxygen atoms in total. The Morgan fingerprint density at radius 3 is 2.20 bits per heavy atom. The summed E-state index contributed by atoms with van der Waals surface area (Å²) in [4.78, 5) is 21.9. The molecule has 15 heavy (non-hydrogen) atoms. The van der Waals surface area contributed by atoms with Crippen LogP contribution in [0.1, 0.15) is 46.5 Å². The van der Waals surface area contributed by atoms with E-state index in [4.69, 9.17) is 5.11 Å². The summed E-state index contributed by atoms with van der Waals surface area (Å²) in [5, 5.41) is 11.3. The number of hydrogen-bond donors (Lipinski definition) is 2. The Morgan fingerprint density at radius 2 is 1.80 bits per heavy atom. The van der Waals surface area contributed by atoms with E-state index in [2.05, 4.69) is 5.32 Å². The molecule has 0 aliphatic heterocycles. The molecular weight excluding hydrogens is 194 g/mol. The summed E-state index contributed by atoms with van der Waals surface area (Å²) < 4.78 is 0. The highest BCUT2D eigenvalue weighted by Crippen LogP contribution is 2.07. The number of carbonyl (C=O) groups excluding carboxylic acids is 1. The van der Waals surface area contributed by atoms with Crippen LogP contribution in [0.4, 0.5) is 0 Å². The topological polar surface area (TPSA) is 66.4 Å². The fraction of sp³-hybridized carbons (Fsp3) is 0.818. The minimum atomic E-state index is -0.870. The van der Waals surface area contributed by atoms with E-state index in [-0.39, 0.29) is 18.4 Å². The van der Waals surface area contributed by atoms with Crippen molar-refractivity contribution in [2.24, 2.45) is 5.92 Å². The molecule has 0 saturated heterocycles. The lowest BCUT2D eigenvalue weighted by molar-refractivity contribution is -0.137. The maximum absolute atomic E-state index is 11.5. The number of carboxylic acid groups (broad SMARTS) is 1. The van der Waals surface area contributed by atoms with Crippen LogP contribution in [-0.2, 0) is 9.59 Å². The lowest BCUT2D eigenvalue weighted by atomic mass is 10.0. The molecule has 0 radical (unpaired) electrons. The third-order valence-electron chi connectivity index (χ3n) is 2.51. The standard InChI is InChI=1S/C11H21NO3/c1-4-8(3)6-10(13)12-9(5-2)7-11(14)15/h8-9H,4-7H2,1-3H3,(H,12,13)(H,14,15). The van der Waals surface area contributed by atoms with Gasteiger partial charge in [0.05, 0.1) is 6.42 Å². The van der Waals surface area contributed by atoms with E-state index in [1.165, 1.54) is 0 Å². The second kappa shape index (κ2) is 7.26. The molecule has 2 unspecified atom stereocenters. The number of amides is 1. The molecule has 88 valence electrons. The Balaban J connectivity index is 3.95. The van der Waals surface area contributed by atoms with Crippen LogP contribution in [0.2, 0.25) is 0 Å². The van der Waals surface area contributed by atoms with Gasteiger partial charge in [0.1, 0.15) is 0 Å². The molecule has 0 saturated carbocycles. The first-order chi connectivity index (χ1) is 6.99. The van der Waals surface area contributed by atoms with E-state index < -0.39 is 5.97 Å². The van der Waals surface area contributed by atoms with Crippen LogP contribution in [0, 0.1) is 5.92 Å². The van der Waals surface area contributed by atoms with E-state index in [9.17, 15) is 9.59 Å². The maximum Gasteiger partial charge on any atom is 0.305 e. The van der Waals surface area contributed by atoms with Gasteiger partial charge >= 0.3 is 5.97 Å². The van der Waals surface area contributed by atoms with Crippen LogP contribution in [-0.4, -0.2) is 23.0 Å². The maximum atomic E-state index is 11.5. The Hall–Kier alpha value is -1.06. The SMILES string of the molecule is CCC(C)CC(=O)NC(CC)CC(=O)O. The summed E-state index contributed by atoms with van der Waals surface area (Å²) >= 11 is 0. The van der Waals surface area contributed by atoms with Crippen molar-refractivity contribution in [2.75, 3.05) is 0 Å². The van der Waals surface area contributed by atoms with Crippen molar-refractivity contribution in [3.63, 3.8) is 0 Å². The minimum absolute atomic E-state index is 0.00272. The highest BCUT2D eigenvalue weighted by molar-refractivity contribution is 5.77. The van der Waals surface area contributed by atoms with Gasteiger partial charge in [-0.1, -0.05) is 27.2 Å². The Kier molecular flexibility index (Phi) is 6.75. The molecule has 0 aromatic heterocycles. The van der Waals surface area contributed by atoms with Crippen molar-refractivity contribution in [3.05, 3.63) is 0 Å². The van der Waals surface area contributed by atoms with Gasteiger partial charge in [0.2, 0.25) is 5.91 Å². The lowest BCUT2D eigenvalue weighted by Crippen LogP contribution is -2.36. The van der Waals surface area contributed by atoms with Crippen LogP contribution < -0.4 is 5.32 Å². The molecule has 2 N–H and O–H groups in total. The highest BCUT2D eigenvalue weighted by Gasteiger charge is 2.15. The fourth-order valence-electron chi connectivity index (χ4n) is 1.26. The van der Waals surface area contributed by atoms with E-state index in [0.29, 0.717) is 18.8 Å². The molecule has 0 spiro atoms. The van der Waals surface area contributed by atoms with E-state index >= 15 is 0 Å². The van der Waals surface area contributed by atoms with Gasteiger partial charge < -0.3 is 10.4 Å². The zero-order chi connectivity index (χ0) is 11.8. The van der Waals surface area contributed by atoms with Crippen LogP contribution >= 0.6 is 0 Å². The van der Waals surface area contributed by atoms with Crippen molar-refractivity contribution < 1.29 is 14.7 Å². The third-order valence-corrected chi connectivity index (χ3v) is 2.51. The van der Waals surface area contributed by atoms with E-state index in [1.54, 1.807) is 0 Å². The molecule has 1 amide bonds. The summed E-state index contributed by atoms with van der Waals surface area (Å²) in [5.41, 5.74) is 0. The Bertz CT molecular complexity index is 216. The summed E-state index contributed by atoms with van der Waals surface area (Å²) in [6, 6.07) is -0.237. The van der Waals surface area contributed by atoms with Gasteiger partial charge in [0, 0.05) is 12.5 Å². The number of hydrogen-bond acceptors (Lipinski definition) is 2. The summed E-state index contributed by atoms with van der Waals surface area (Å²) in [5.74, 6) is -0.560. The molecule has 4 heteroatoms. The second-order valence-corrected chi connectivity index (χ2v) is 3.99. The average molecular weight is 215 g/mol. The largest absolute Gasteiger partial charge is 0.481 e. The quantitative estimate of drug-likeness (QED) is 0.680. The predicted molar refractivity (Wildman–Crippen MR) is 58.5 cm³/mol. The fourth-order valence-corrected chi connectivity index (χ4v) is 1.26. The predicted octanol–water partition coefficient (Wildman–Crippen LogP) is 1.79. The zero-order valence-electron chi connectivity index (χ0n) is 9.75. The summed E-state index contributed by atoms with van der Waals surface area (Å²) in [7, 11) is 0. The lowest BCUT2D eigenvalue weighted by Gasteiger charge is -2.16. The molecule has 0 rings (SSSR count). The second-order valence-electron chi connectivity index (χ2n) is 3.99. The molecule has 0 heterocycles. The molecule has 0 aliphatic rings.